The van der Waals surface area contributed by atoms with Crippen molar-refractivity contribution in [3.63, 3.8) is 0 Å². The molecule has 122 valence electrons. The second kappa shape index (κ2) is 6.69. The lowest BCUT2D eigenvalue weighted by Gasteiger charge is -2.29. The fourth-order valence-electron chi connectivity index (χ4n) is 2.53. The molecule has 0 aromatic heterocycles. The topological polar surface area (TPSA) is 66.5 Å². The molecule has 0 aliphatic carbocycles. The van der Waals surface area contributed by atoms with Gasteiger partial charge >= 0.3 is 0 Å². The molecular weight excluding hydrogens is 300 g/mol. The van der Waals surface area contributed by atoms with Crippen molar-refractivity contribution < 1.29 is 13.2 Å². The summed E-state index contributed by atoms with van der Waals surface area (Å²) in [4.78, 5) is 12.1. The minimum absolute atomic E-state index is 0.121. The van der Waals surface area contributed by atoms with Crippen LogP contribution in [-0.4, -0.2) is 33.2 Å². The molecule has 1 aromatic rings. The highest BCUT2D eigenvalue weighted by Crippen LogP contribution is 2.27. The highest BCUT2D eigenvalue weighted by Gasteiger charge is 2.27. The van der Waals surface area contributed by atoms with Crippen LogP contribution >= 0.6 is 0 Å². The maximum atomic E-state index is 12.2. The predicted octanol–water partition coefficient (Wildman–Crippen LogP) is 2.31. The third kappa shape index (κ3) is 3.80. The summed E-state index contributed by atoms with van der Waals surface area (Å²) in [6, 6.07) is 5.19. The van der Waals surface area contributed by atoms with E-state index in [1.54, 1.807) is 18.2 Å². The predicted molar refractivity (Wildman–Crippen MR) is 88.7 cm³/mol. The summed E-state index contributed by atoms with van der Waals surface area (Å²) in [6.07, 6.45) is 1.59. The summed E-state index contributed by atoms with van der Waals surface area (Å²) >= 11 is 0. The Kier molecular flexibility index (Phi) is 5.11. The standard InChI is InChI=1S/C16H24N2O3S/c1-12(2)11-17-16(19)14-6-7-15(13(3)10-14)18-8-4-5-9-22(18,20)21/h6-7,10,12H,4-5,8-9,11H2,1-3H3,(H,17,19). The second-order valence-electron chi connectivity index (χ2n) is 6.20. The molecule has 0 atom stereocenters. The third-order valence-electron chi connectivity index (χ3n) is 3.75. The lowest BCUT2D eigenvalue weighted by Crippen LogP contribution is -2.38. The van der Waals surface area contributed by atoms with Crippen molar-refractivity contribution in [1.29, 1.82) is 0 Å². The van der Waals surface area contributed by atoms with Gasteiger partial charge in [0.1, 0.15) is 0 Å². The Morgan fingerprint density at radius 2 is 2.05 bits per heavy atom. The molecule has 6 heteroatoms. The maximum Gasteiger partial charge on any atom is 0.251 e. The van der Waals surface area contributed by atoms with Gasteiger partial charge in [-0.25, -0.2) is 8.42 Å². The number of rotatable bonds is 4. The molecule has 1 aliphatic heterocycles. The SMILES string of the molecule is Cc1cc(C(=O)NCC(C)C)ccc1N1CCCCS1(=O)=O. The molecule has 1 fully saturated rings. The van der Waals surface area contributed by atoms with Crippen LogP contribution in [0.15, 0.2) is 18.2 Å². The summed E-state index contributed by atoms with van der Waals surface area (Å²) in [5.41, 5.74) is 2.05. The molecule has 0 spiro atoms. The highest BCUT2D eigenvalue weighted by atomic mass is 32.2. The van der Waals surface area contributed by atoms with Crippen molar-refractivity contribution in [3.8, 4) is 0 Å². The van der Waals surface area contributed by atoms with Gasteiger partial charge in [-0.15, -0.1) is 0 Å². The van der Waals surface area contributed by atoms with Gasteiger partial charge < -0.3 is 5.32 Å². The molecule has 22 heavy (non-hydrogen) atoms. The molecule has 5 nitrogen and oxygen atoms in total. The van der Waals surface area contributed by atoms with E-state index in [1.165, 1.54) is 4.31 Å². The van der Waals surface area contributed by atoms with E-state index in [2.05, 4.69) is 5.32 Å². The Morgan fingerprint density at radius 1 is 1.32 bits per heavy atom. The zero-order valence-corrected chi connectivity index (χ0v) is 14.2. The normalized spacial score (nSPS) is 17.5. The van der Waals surface area contributed by atoms with Crippen LogP contribution in [0, 0.1) is 12.8 Å². The lowest BCUT2D eigenvalue weighted by atomic mass is 10.1. The summed E-state index contributed by atoms with van der Waals surface area (Å²) in [7, 11) is -3.22. The zero-order chi connectivity index (χ0) is 16.3. The van der Waals surface area contributed by atoms with Crippen LogP contribution in [0.1, 0.15) is 42.6 Å². The van der Waals surface area contributed by atoms with Crippen LogP contribution in [0.4, 0.5) is 5.69 Å². The first kappa shape index (κ1) is 16.8. The molecule has 2 rings (SSSR count). The van der Waals surface area contributed by atoms with E-state index in [-0.39, 0.29) is 11.7 Å². The second-order valence-corrected chi connectivity index (χ2v) is 8.21. The largest absolute Gasteiger partial charge is 0.352 e. The first-order chi connectivity index (χ1) is 10.3. The van der Waals surface area contributed by atoms with E-state index in [0.717, 1.165) is 12.0 Å². The molecule has 1 amide bonds. The molecule has 1 heterocycles. The zero-order valence-electron chi connectivity index (χ0n) is 13.4. The van der Waals surface area contributed by atoms with Gasteiger partial charge in [0.15, 0.2) is 0 Å². The van der Waals surface area contributed by atoms with E-state index in [9.17, 15) is 13.2 Å². The third-order valence-corrected chi connectivity index (χ3v) is 5.60. The maximum absolute atomic E-state index is 12.2. The van der Waals surface area contributed by atoms with Crippen LogP contribution in [0.25, 0.3) is 0 Å². The van der Waals surface area contributed by atoms with Crippen molar-refractivity contribution >= 4 is 21.6 Å². The van der Waals surface area contributed by atoms with Gasteiger partial charge in [-0.1, -0.05) is 13.8 Å². The number of carbonyl (C=O) groups excluding carboxylic acids is 1. The highest BCUT2D eigenvalue weighted by molar-refractivity contribution is 7.92. The molecule has 1 aromatic carbocycles. The molecule has 0 saturated carbocycles. The van der Waals surface area contributed by atoms with Gasteiger partial charge in [-0.2, -0.15) is 0 Å². The number of sulfonamides is 1. The molecule has 1 saturated heterocycles. The fourth-order valence-corrected chi connectivity index (χ4v) is 4.24. The summed E-state index contributed by atoms with van der Waals surface area (Å²) in [5, 5.41) is 2.87. The minimum atomic E-state index is -3.22. The molecular formula is C16H24N2O3S. The summed E-state index contributed by atoms with van der Waals surface area (Å²) in [5.74, 6) is 0.468. The van der Waals surface area contributed by atoms with Crippen LogP contribution in [0.3, 0.4) is 0 Å². The van der Waals surface area contributed by atoms with Gasteiger partial charge in [0.2, 0.25) is 10.0 Å². The van der Waals surface area contributed by atoms with Gasteiger partial charge in [-0.3, -0.25) is 9.10 Å². The number of hydrogen-bond acceptors (Lipinski definition) is 3. The Hall–Kier alpha value is -1.56. The number of nitrogens with one attached hydrogen (secondary N) is 1. The first-order valence-electron chi connectivity index (χ1n) is 7.70. The Bertz CT molecular complexity index is 653. The van der Waals surface area contributed by atoms with Crippen molar-refractivity contribution in [2.24, 2.45) is 5.92 Å². The summed E-state index contributed by atoms with van der Waals surface area (Å²) < 4.78 is 25.8. The minimum Gasteiger partial charge on any atom is -0.352 e. The van der Waals surface area contributed by atoms with E-state index in [1.807, 2.05) is 20.8 Å². The molecule has 0 unspecified atom stereocenters. The first-order valence-corrected chi connectivity index (χ1v) is 9.31. The van der Waals surface area contributed by atoms with Crippen molar-refractivity contribution in [2.45, 2.75) is 33.6 Å². The van der Waals surface area contributed by atoms with Crippen LogP contribution in [0.5, 0.6) is 0 Å². The van der Waals surface area contributed by atoms with Gasteiger partial charge in [0.25, 0.3) is 5.91 Å². The number of nitrogens with zero attached hydrogens (tertiary/aromatic N) is 1. The number of aryl methyl sites for hydroxylation is 1. The van der Waals surface area contributed by atoms with Crippen molar-refractivity contribution in [3.05, 3.63) is 29.3 Å². The van der Waals surface area contributed by atoms with Crippen LogP contribution in [0.2, 0.25) is 0 Å². The van der Waals surface area contributed by atoms with Crippen molar-refractivity contribution in [1.82, 2.24) is 5.32 Å². The lowest BCUT2D eigenvalue weighted by molar-refractivity contribution is 0.0949. The Balaban J connectivity index is 2.21. The Morgan fingerprint density at radius 3 is 2.64 bits per heavy atom. The fraction of sp³-hybridized carbons (Fsp3) is 0.562. The molecule has 0 radical (unpaired) electrons. The number of amides is 1. The number of carbonyl (C=O) groups is 1. The Labute approximate surface area is 132 Å². The average molecular weight is 324 g/mol. The van der Waals surface area contributed by atoms with E-state index in [4.69, 9.17) is 0 Å². The van der Waals surface area contributed by atoms with Crippen LogP contribution < -0.4 is 9.62 Å². The number of benzene rings is 1. The smallest absolute Gasteiger partial charge is 0.251 e. The van der Waals surface area contributed by atoms with Gasteiger partial charge in [-0.05, 0) is 49.4 Å². The molecule has 1 aliphatic rings. The monoisotopic (exact) mass is 324 g/mol. The van der Waals surface area contributed by atoms with Crippen LogP contribution in [-0.2, 0) is 10.0 Å². The van der Waals surface area contributed by atoms with Crippen molar-refractivity contribution in [2.75, 3.05) is 23.1 Å². The van der Waals surface area contributed by atoms with Gasteiger partial charge in [0, 0.05) is 18.7 Å². The summed E-state index contributed by atoms with van der Waals surface area (Å²) in [6.45, 7) is 7.06. The van der Waals surface area contributed by atoms with E-state index >= 15 is 0 Å². The number of hydrogen-bond donors (Lipinski definition) is 1. The quantitative estimate of drug-likeness (QED) is 0.924. The number of anilines is 1. The van der Waals surface area contributed by atoms with Gasteiger partial charge in [0.05, 0.1) is 11.4 Å². The molecule has 1 N–H and O–H groups in total. The van der Waals surface area contributed by atoms with E-state index < -0.39 is 10.0 Å². The molecule has 0 bridgehead atoms. The van der Waals surface area contributed by atoms with E-state index in [0.29, 0.717) is 36.7 Å². The average Bonchev–Trinajstić information content (AvgIpc) is 2.45.